The zero-order valence-corrected chi connectivity index (χ0v) is 3.12. The maximum Gasteiger partial charge on any atom is 0.611 e. The fourth-order valence-electron chi connectivity index (χ4n) is 0.0356. The summed E-state index contributed by atoms with van der Waals surface area (Å²) in [5.41, 5.74) is 0. The van der Waals surface area contributed by atoms with Crippen LogP contribution >= 0.6 is 0 Å². The Balaban J connectivity index is 3.82. The highest BCUT2D eigenvalue weighted by molar-refractivity contribution is 6.27. The Hall–Kier alpha value is -1.26. The molecule has 0 amide bonds. The second kappa shape index (κ2) is 2.01. The molecule has 0 fully saturated rings. The van der Waals surface area contributed by atoms with E-state index in [1.54, 1.807) is 0 Å². The number of hydrogen-bond donors (Lipinski definition) is 2. The summed E-state index contributed by atoms with van der Waals surface area (Å²) in [6.45, 7) is 0. The molecule has 0 aromatic rings. The number of carbonyl (C=O) groups is 1. The summed E-state index contributed by atoms with van der Waals surface area (Å²) in [5, 5.41) is 24.2. The molecule has 0 spiro atoms. The molecule has 0 saturated carbocycles. The molecule has 0 saturated heterocycles. The third-order valence-electron chi connectivity index (χ3n) is 0.262. The van der Waals surface area contributed by atoms with Gasteiger partial charge in [0, 0.05) is 0 Å². The Labute approximate surface area is 38.1 Å². The van der Waals surface area contributed by atoms with Crippen LogP contribution in [0.5, 0.6) is 0 Å². The number of rotatable bonds is 0. The molecular formula is C2H2O5. The molecule has 0 aliphatic heterocycles. The van der Waals surface area contributed by atoms with Crippen LogP contribution in [-0.4, -0.2) is 22.2 Å². The Kier molecular flexibility index (Phi) is 1.65. The standard InChI is InChI=1S/C2H2O5/c3-1(4)2(5)7-6/h5H,(H,3,4). The third-order valence-corrected chi connectivity index (χ3v) is 0.262. The molecule has 0 aromatic heterocycles. The van der Waals surface area contributed by atoms with E-state index in [2.05, 4.69) is 4.58 Å². The first-order chi connectivity index (χ1) is 3.18. The predicted octanol–water partition coefficient (Wildman–Crippen LogP) is -2.03. The minimum Gasteiger partial charge on any atom is -0.587 e. The average molecular weight is 106 g/mol. The first-order valence-corrected chi connectivity index (χ1v) is 1.27. The molecule has 0 aliphatic carbocycles. The number of carboxylic acids is 2. The van der Waals surface area contributed by atoms with Gasteiger partial charge in [-0.3, -0.25) is 4.58 Å². The summed E-state index contributed by atoms with van der Waals surface area (Å²) in [6, 6.07) is 0. The third kappa shape index (κ3) is 1.58. The maximum absolute atomic E-state index is 9.32. The maximum atomic E-state index is 9.32. The van der Waals surface area contributed by atoms with E-state index in [-0.39, 0.29) is 0 Å². The van der Waals surface area contributed by atoms with Crippen molar-refractivity contribution in [2.75, 3.05) is 0 Å². The lowest BCUT2D eigenvalue weighted by Crippen LogP contribution is -2.18. The minimum atomic E-state index is -1.77. The van der Waals surface area contributed by atoms with E-state index in [4.69, 9.17) is 15.5 Å². The van der Waals surface area contributed by atoms with Gasteiger partial charge in [-0.2, -0.15) is 0 Å². The van der Waals surface area contributed by atoms with Crippen molar-refractivity contribution >= 4 is 11.9 Å². The highest BCUT2D eigenvalue weighted by Gasteiger charge is 2.17. The second-order valence-corrected chi connectivity index (χ2v) is 0.694. The van der Waals surface area contributed by atoms with E-state index in [1.807, 2.05) is 0 Å². The van der Waals surface area contributed by atoms with E-state index in [1.165, 1.54) is 0 Å². The van der Waals surface area contributed by atoms with Crippen LogP contribution in [0.4, 0.5) is 0 Å². The van der Waals surface area contributed by atoms with Gasteiger partial charge in [-0.25, -0.2) is 4.79 Å². The summed E-state index contributed by atoms with van der Waals surface area (Å²) in [7, 11) is 0. The normalized spacial score (nSPS) is 11.1. The Morgan fingerprint density at radius 2 is 2.00 bits per heavy atom. The van der Waals surface area contributed by atoms with Gasteiger partial charge < -0.3 is 15.5 Å². The Morgan fingerprint density at radius 3 is 2.00 bits per heavy atom. The summed E-state index contributed by atoms with van der Waals surface area (Å²) in [5.74, 6) is -3.31. The van der Waals surface area contributed by atoms with Gasteiger partial charge in [0.15, 0.2) is 0 Å². The van der Waals surface area contributed by atoms with Crippen LogP contribution in [0.15, 0.2) is 0 Å². The van der Waals surface area contributed by atoms with Crippen LogP contribution in [0.3, 0.4) is 0 Å². The van der Waals surface area contributed by atoms with E-state index in [9.17, 15) is 4.79 Å². The lowest BCUT2D eigenvalue weighted by Gasteiger charge is -1.76. The fourth-order valence-corrected chi connectivity index (χ4v) is 0.0356. The molecule has 0 atom stereocenters. The molecule has 40 valence electrons. The number of carboxylic acid groups (broad SMARTS) is 2. The first-order valence-electron chi connectivity index (χ1n) is 1.27. The van der Waals surface area contributed by atoms with Crippen molar-refractivity contribution in [1.82, 2.24) is 0 Å². The van der Waals surface area contributed by atoms with Gasteiger partial charge in [-0.05, 0) is 0 Å². The van der Waals surface area contributed by atoms with Crippen molar-refractivity contribution in [3.8, 4) is 0 Å². The van der Waals surface area contributed by atoms with Crippen LogP contribution in [0, 0.1) is 0 Å². The molecule has 0 aliphatic rings. The first kappa shape index (κ1) is 5.74. The van der Waals surface area contributed by atoms with Crippen molar-refractivity contribution in [2.24, 2.45) is 0 Å². The summed E-state index contributed by atoms with van der Waals surface area (Å²) < 4.78 is 2.63. The Morgan fingerprint density at radius 1 is 1.57 bits per heavy atom. The quantitative estimate of drug-likeness (QED) is 0.161. The predicted molar refractivity (Wildman–Crippen MR) is 15.3 cm³/mol. The van der Waals surface area contributed by atoms with E-state index in [0.717, 1.165) is 0 Å². The molecule has 5 nitrogen and oxygen atoms in total. The van der Waals surface area contributed by atoms with Gasteiger partial charge in [0.1, 0.15) is 0 Å². The largest absolute Gasteiger partial charge is 0.611 e. The van der Waals surface area contributed by atoms with Crippen molar-refractivity contribution in [3.63, 3.8) is 0 Å². The van der Waals surface area contributed by atoms with Crippen molar-refractivity contribution in [3.05, 3.63) is 0 Å². The lowest BCUT2D eigenvalue weighted by molar-refractivity contribution is -1.05. The smallest absolute Gasteiger partial charge is 0.587 e. The van der Waals surface area contributed by atoms with Crippen LogP contribution in [-0.2, 0) is 9.37 Å². The van der Waals surface area contributed by atoms with Crippen molar-refractivity contribution < 1.29 is 24.8 Å². The molecule has 5 heteroatoms. The van der Waals surface area contributed by atoms with E-state index >= 15 is 0 Å². The molecule has 0 bridgehead atoms. The van der Waals surface area contributed by atoms with Crippen LogP contribution in [0.2, 0.25) is 0 Å². The molecule has 0 aromatic carbocycles. The van der Waals surface area contributed by atoms with E-state index in [0.29, 0.717) is 0 Å². The van der Waals surface area contributed by atoms with Gasteiger partial charge in [0.2, 0.25) is 0 Å². The lowest BCUT2D eigenvalue weighted by atomic mass is 10.7. The summed E-state index contributed by atoms with van der Waals surface area (Å²) >= 11 is 0. The second-order valence-electron chi connectivity index (χ2n) is 0.694. The molecule has 2 N–H and O–H groups in total. The number of hydrogen-bond acceptors (Lipinski definition) is 2. The van der Waals surface area contributed by atoms with Gasteiger partial charge >= 0.3 is 11.9 Å². The fraction of sp³-hybridized carbons (Fsp3) is 0. The highest BCUT2D eigenvalue weighted by Crippen LogP contribution is 1.59. The highest BCUT2D eigenvalue weighted by atomic mass is 17.1. The Bertz CT molecular complexity index is 103. The van der Waals surface area contributed by atoms with Gasteiger partial charge in [-0.15, -0.1) is 0 Å². The molecule has 0 rings (SSSR count). The molecule has 0 radical (unpaired) electrons. The van der Waals surface area contributed by atoms with Crippen molar-refractivity contribution in [1.29, 1.82) is 0 Å². The minimum absolute atomic E-state index is 1.54. The monoisotopic (exact) mass is 106 g/mol. The zero-order valence-electron chi connectivity index (χ0n) is 3.12. The summed E-state index contributed by atoms with van der Waals surface area (Å²) in [6.07, 6.45) is 0. The van der Waals surface area contributed by atoms with Crippen LogP contribution in [0.25, 0.3) is 0 Å². The topological polar surface area (TPSA) is 91.9 Å². The molecule has 7 heavy (non-hydrogen) atoms. The number of aliphatic hydroxyl groups excluding tert-OH is 1. The van der Waals surface area contributed by atoms with Crippen molar-refractivity contribution in [2.45, 2.75) is 0 Å². The van der Waals surface area contributed by atoms with Gasteiger partial charge in [0.25, 0.3) is 0 Å². The molecule has 0 unspecified atom stereocenters. The van der Waals surface area contributed by atoms with Gasteiger partial charge in [0.05, 0.1) is 0 Å². The summed E-state index contributed by atoms with van der Waals surface area (Å²) in [4.78, 5) is 9.32. The zero-order chi connectivity index (χ0) is 5.86. The van der Waals surface area contributed by atoms with Crippen LogP contribution < -0.4 is 5.26 Å². The number of aliphatic carboxylic acids is 2. The van der Waals surface area contributed by atoms with Gasteiger partial charge in [-0.1, -0.05) is 0 Å². The average Bonchev–Trinajstić information content (AvgIpc) is 1.65. The SMILES string of the molecule is O=C(O)C(O)=[O+][O-]. The molecular weight excluding hydrogens is 104 g/mol. The van der Waals surface area contributed by atoms with Crippen LogP contribution in [0.1, 0.15) is 0 Å². The van der Waals surface area contributed by atoms with E-state index < -0.39 is 11.9 Å². The molecule has 0 heterocycles.